The Kier molecular flexibility index (Phi) is 2.77. The van der Waals surface area contributed by atoms with Crippen molar-refractivity contribution in [1.82, 2.24) is 10.3 Å². The van der Waals surface area contributed by atoms with Crippen LogP contribution in [0.1, 0.15) is 31.0 Å². The Balaban J connectivity index is 2.05. The molecule has 14 heavy (non-hydrogen) atoms. The summed E-state index contributed by atoms with van der Waals surface area (Å²) in [5, 5.41) is 3.22. The summed E-state index contributed by atoms with van der Waals surface area (Å²) in [4.78, 5) is 4.09. The fourth-order valence-electron chi connectivity index (χ4n) is 1.67. The quantitative estimate of drug-likeness (QED) is 0.795. The summed E-state index contributed by atoms with van der Waals surface area (Å²) in [6.07, 6.45) is 5.07. The highest BCUT2D eigenvalue weighted by molar-refractivity contribution is 5.10. The van der Waals surface area contributed by atoms with Crippen LogP contribution in [0.3, 0.4) is 0 Å². The average Bonchev–Trinajstić information content (AvgIpc) is 3.00. The van der Waals surface area contributed by atoms with Gasteiger partial charge in [-0.3, -0.25) is 4.98 Å². The van der Waals surface area contributed by atoms with Crippen molar-refractivity contribution in [2.75, 3.05) is 7.05 Å². The Labute approximate surface area is 83.6 Å². The van der Waals surface area contributed by atoms with Crippen LogP contribution in [0.4, 0.5) is 4.39 Å². The lowest BCUT2D eigenvalue weighted by Gasteiger charge is -2.14. The van der Waals surface area contributed by atoms with Gasteiger partial charge in [-0.05, 0) is 31.5 Å². The van der Waals surface area contributed by atoms with Crippen LogP contribution in [0.15, 0.2) is 18.3 Å². The highest BCUT2D eigenvalue weighted by Crippen LogP contribution is 2.36. The molecule has 0 saturated heterocycles. The number of halogens is 1. The summed E-state index contributed by atoms with van der Waals surface area (Å²) in [5.74, 6) is 0.578. The molecule has 1 aromatic rings. The molecule has 0 aliphatic heterocycles. The van der Waals surface area contributed by atoms with Crippen LogP contribution in [-0.4, -0.2) is 12.0 Å². The van der Waals surface area contributed by atoms with E-state index in [2.05, 4.69) is 10.3 Å². The maximum Gasteiger partial charge on any atom is 0.141 e. The molecule has 1 aliphatic carbocycles. The maximum absolute atomic E-state index is 12.6. The van der Waals surface area contributed by atoms with E-state index in [0.29, 0.717) is 0 Å². The molecule has 0 amide bonds. The lowest BCUT2D eigenvalue weighted by Crippen LogP contribution is -2.18. The van der Waals surface area contributed by atoms with Gasteiger partial charge < -0.3 is 5.32 Å². The second-order valence-electron chi connectivity index (χ2n) is 3.92. The maximum atomic E-state index is 12.6. The highest BCUT2D eigenvalue weighted by Gasteiger charge is 2.25. The molecule has 1 N–H and O–H groups in total. The molecule has 1 fully saturated rings. The van der Waals surface area contributed by atoms with Gasteiger partial charge in [-0.1, -0.05) is 12.8 Å². The minimum absolute atomic E-state index is 0.268. The van der Waals surface area contributed by atoms with Crippen LogP contribution in [-0.2, 0) is 0 Å². The average molecular weight is 194 g/mol. The third-order valence-electron chi connectivity index (χ3n) is 2.72. The molecule has 1 heterocycles. The molecule has 1 aromatic heterocycles. The Hall–Kier alpha value is -0.960. The van der Waals surface area contributed by atoms with Gasteiger partial charge in [0.2, 0.25) is 0 Å². The molecule has 1 aliphatic rings. The smallest absolute Gasteiger partial charge is 0.141 e. The van der Waals surface area contributed by atoms with Crippen molar-refractivity contribution in [3.63, 3.8) is 0 Å². The Morgan fingerprint density at radius 3 is 2.86 bits per heavy atom. The molecule has 76 valence electrons. The number of nitrogens with zero attached hydrogens (tertiary/aromatic N) is 1. The first kappa shape index (κ1) is 9.59. The summed E-state index contributed by atoms with van der Waals surface area (Å²) in [7, 11) is 1.93. The summed E-state index contributed by atoms with van der Waals surface area (Å²) in [5.41, 5.74) is 0.945. The van der Waals surface area contributed by atoms with Gasteiger partial charge in [0.25, 0.3) is 0 Å². The SMILES string of the molecule is CNC(CC1CC1)c1ccc(F)cn1. The van der Waals surface area contributed by atoms with Crippen molar-refractivity contribution in [1.29, 1.82) is 0 Å². The van der Waals surface area contributed by atoms with Crippen LogP contribution in [0.25, 0.3) is 0 Å². The van der Waals surface area contributed by atoms with Crippen LogP contribution < -0.4 is 5.32 Å². The van der Waals surface area contributed by atoms with Gasteiger partial charge in [0.1, 0.15) is 5.82 Å². The van der Waals surface area contributed by atoms with Crippen molar-refractivity contribution in [2.45, 2.75) is 25.3 Å². The monoisotopic (exact) mass is 194 g/mol. The van der Waals surface area contributed by atoms with E-state index < -0.39 is 0 Å². The molecular weight excluding hydrogens is 179 g/mol. The Bertz CT molecular complexity index is 293. The van der Waals surface area contributed by atoms with Gasteiger partial charge >= 0.3 is 0 Å². The van der Waals surface area contributed by atoms with Gasteiger partial charge in [0.05, 0.1) is 11.9 Å². The lowest BCUT2D eigenvalue weighted by atomic mass is 10.1. The number of aromatic nitrogens is 1. The largest absolute Gasteiger partial charge is 0.312 e. The Morgan fingerprint density at radius 1 is 1.57 bits per heavy atom. The van der Waals surface area contributed by atoms with E-state index in [0.717, 1.165) is 18.0 Å². The van der Waals surface area contributed by atoms with E-state index in [1.54, 1.807) is 6.07 Å². The normalized spacial score (nSPS) is 18.1. The number of hydrogen-bond acceptors (Lipinski definition) is 2. The zero-order chi connectivity index (χ0) is 9.97. The van der Waals surface area contributed by atoms with Crippen molar-refractivity contribution in [3.8, 4) is 0 Å². The molecule has 2 nitrogen and oxygen atoms in total. The van der Waals surface area contributed by atoms with Crippen molar-refractivity contribution in [3.05, 3.63) is 29.8 Å². The summed E-state index contributed by atoms with van der Waals surface area (Å²) in [6, 6.07) is 3.52. The highest BCUT2D eigenvalue weighted by atomic mass is 19.1. The third kappa shape index (κ3) is 2.29. The standard InChI is InChI=1S/C11H15FN2/c1-13-11(6-8-2-3-8)10-5-4-9(12)7-14-10/h4-5,7-8,11,13H,2-3,6H2,1H3. The zero-order valence-corrected chi connectivity index (χ0v) is 8.33. The first-order valence-electron chi connectivity index (χ1n) is 5.08. The van der Waals surface area contributed by atoms with E-state index in [1.165, 1.54) is 25.1 Å². The number of hydrogen-bond donors (Lipinski definition) is 1. The fourth-order valence-corrected chi connectivity index (χ4v) is 1.67. The zero-order valence-electron chi connectivity index (χ0n) is 8.33. The minimum Gasteiger partial charge on any atom is -0.312 e. The summed E-state index contributed by atoms with van der Waals surface area (Å²) >= 11 is 0. The van der Waals surface area contributed by atoms with Crippen LogP contribution in [0.5, 0.6) is 0 Å². The van der Waals surface area contributed by atoms with Gasteiger partial charge in [-0.2, -0.15) is 0 Å². The molecule has 3 heteroatoms. The van der Waals surface area contributed by atoms with Crippen LogP contribution in [0.2, 0.25) is 0 Å². The van der Waals surface area contributed by atoms with Crippen molar-refractivity contribution < 1.29 is 4.39 Å². The minimum atomic E-state index is -0.268. The van der Waals surface area contributed by atoms with Crippen LogP contribution in [0, 0.1) is 11.7 Å². The molecule has 0 bridgehead atoms. The number of nitrogens with one attached hydrogen (secondary N) is 1. The van der Waals surface area contributed by atoms with Gasteiger partial charge in [0.15, 0.2) is 0 Å². The van der Waals surface area contributed by atoms with E-state index >= 15 is 0 Å². The molecule has 0 spiro atoms. The van der Waals surface area contributed by atoms with E-state index in [4.69, 9.17) is 0 Å². The van der Waals surface area contributed by atoms with Gasteiger partial charge in [-0.25, -0.2) is 4.39 Å². The second kappa shape index (κ2) is 4.05. The molecule has 0 aromatic carbocycles. The predicted molar refractivity (Wildman–Crippen MR) is 53.3 cm³/mol. The second-order valence-corrected chi connectivity index (χ2v) is 3.92. The lowest BCUT2D eigenvalue weighted by molar-refractivity contribution is 0.500. The summed E-state index contributed by atoms with van der Waals surface area (Å²) < 4.78 is 12.6. The topological polar surface area (TPSA) is 24.9 Å². The first-order chi connectivity index (χ1) is 6.79. The molecule has 1 saturated carbocycles. The number of pyridine rings is 1. The first-order valence-corrected chi connectivity index (χ1v) is 5.08. The van der Waals surface area contributed by atoms with E-state index in [1.807, 2.05) is 7.05 Å². The van der Waals surface area contributed by atoms with E-state index in [9.17, 15) is 4.39 Å². The number of rotatable bonds is 4. The third-order valence-corrected chi connectivity index (χ3v) is 2.72. The molecular formula is C11H15FN2. The van der Waals surface area contributed by atoms with Gasteiger partial charge in [-0.15, -0.1) is 0 Å². The van der Waals surface area contributed by atoms with Crippen molar-refractivity contribution >= 4 is 0 Å². The molecule has 2 rings (SSSR count). The predicted octanol–water partition coefficient (Wildman–Crippen LogP) is 2.28. The Morgan fingerprint density at radius 2 is 2.36 bits per heavy atom. The van der Waals surface area contributed by atoms with Crippen LogP contribution >= 0.6 is 0 Å². The molecule has 1 atom stereocenters. The summed E-state index contributed by atoms with van der Waals surface area (Å²) in [6.45, 7) is 0. The van der Waals surface area contributed by atoms with Gasteiger partial charge in [0, 0.05) is 6.04 Å². The van der Waals surface area contributed by atoms with E-state index in [-0.39, 0.29) is 11.9 Å². The molecule has 0 radical (unpaired) electrons. The molecule has 1 unspecified atom stereocenters. The fraction of sp³-hybridized carbons (Fsp3) is 0.545. The van der Waals surface area contributed by atoms with Crippen molar-refractivity contribution in [2.24, 2.45) is 5.92 Å².